The molecule has 1 aliphatic rings. The Balaban J connectivity index is 1.68. The van der Waals surface area contributed by atoms with Gasteiger partial charge in [0.05, 0.1) is 30.1 Å². The van der Waals surface area contributed by atoms with E-state index in [9.17, 15) is 0 Å². The highest BCUT2D eigenvalue weighted by Gasteiger charge is 2.21. The van der Waals surface area contributed by atoms with Crippen molar-refractivity contribution in [1.82, 2.24) is 25.5 Å². The van der Waals surface area contributed by atoms with Gasteiger partial charge in [0.1, 0.15) is 0 Å². The van der Waals surface area contributed by atoms with Gasteiger partial charge < -0.3 is 15.2 Å². The number of benzene rings is 2. The molecule has 3 N–H and O–H groups in total. The Morgan fingerprint density at radius 2 is 2.08 bits per heavy atom. The third-order valence-corrected chi connectivity index (χ3v) is 5.11. The van der Waals surface area contributed by atoms with E-state index in [1.165, 1.54) is 34.9 Å². The van der Waals surface area contributed by atoms with Gasteiger partial charge >= 0.3 is 0 Å². The van der Waals surface area contributed by atoms with Gasteiger partial charge in [-0.25, -0.2) is 4.98 Å². The molecule has 1 fully saturated rings. The summed E-state index contributed by atoms with van der Waals surface area (Å²) in [7, 11) is 4.12. The van der Waals surface area contributed by atoms with Crippen LogP contribution in [0.4, 0.5) is 0 Å². The van der Waals surface area contributed by atoms with Crippen LogP contribution in [-0.2, 0) is 0 Å². The summed E-state index contributed by atoms with van der Waals surface area (Å²) in [6.07, 6.45) is 8.46. The molecule has 5 heteroatoms. The van der Waals surface area contributed by atoms with Crippen LogP contribution in [-0.4, -0.2) is 41.7 Å². The summed E-state index contributed by atoms with van der Waals surface area (Å²) >= 11 is 0. The smallest absolute Gasteiger partial charge is 0.0924 e. The molecule has 1 aromatic heterocycles. The Hall–Kier alpha value is -2.79. The van der Waals surface area contributed by atoms with E-state index in [0.717, 1.165) is 17.8 Å². The van der Waals surface area contributed by atoms with Gasteiger partial charge in [0.15, 0.2) is 0 Å². The molecule has 1 aliphatic heterocycles. The molecule has 5 nitrogen and oxygen atoms in total. The maximum atomic E-state index is 4.11. The minimum atomic E-state index is 0.396. The molecule has 26 heavy (non-hydrogen) atoms. The molecule has 134 valence electrons. The molecule has 0 saturated carbocycles. The van der Waals surface area contributed by atoms with E-state index < -0.39 is 0 Å². The summed E-state index contributed by atoms with van der Waals surface area (Å²) in [6.45, 7) is 1.09. The van der Waals surface area contributed by atoms with E-state index in [2.05, 4.69) is 75.1 Å². The number of hydrogen-bond acceptors (Lipinski definition) is 4. The van der Waals surface area contributed by atoms with Crippen LogP contribution in [0.1, 0.15) is 18.4 Å². The summed E-state index contributed by atoms with van der Waals surface area (Å²) in [5.41, 5.74) is 4.61. The number of aromatic amines is 1. The molecule has 0 spiro atoms. The first-order valence-corrected chi connectivity index (χ1v) is 9.13. The molecule has 3 aromatic rings. The van der Waals surface area contributed by atoms with E-state index in [1.807, 2.05) is 13.2 Å². The van der Waals surface area contributed by atoms with Crippen molar-refractivity contribution < 1.29 is 0 Å². The lowest BCUT2D eigenvalue weighted by molar-refractivity contribution is 0.323. The maximum absolute atomic E-state index is 4.11. The number of nitrogens with zero attached hydrogens (tertiary/aromatic N) is 2. The van der Waals surface area contributed by atoms with Crippen molar-refractivity contribution in [1.29, 1.82) is 0 Å². The van der Waals surface area contributed by atoms with Gasteiger partial charge in [-0.15, -0.1) is 0 Å². The summed E-state index contributed by atoms with van der Waals surface area (Å²) < 4.78 is 0. The Kier molecular flexibility index (Phi) is 4.63. The average Bonchev–Trinajstić information content (AvgIpc) is 3.38. The normalized spacial score (nSPS) is 17.6. The number of fused-ring (bicyclic) bond motifs is 1. The zero-order valence-electron chi connectivity index (χ0n) is 15.3. The number of hydrogen-bond donors (Lipinski definition) is 3. The summed E-state index contributed by atoms with van der Waals surface area (Å²) in [5.74, 6) is 0. The van der Waals surface area contributed by atoms with Crippen molar-refractivity contribution >= 4 is 16.5 Å². The molecule has 2 aromatic carbocycles. The van der Waals surface area contributed by atoms with E-state index in [0.29, 0.717) is 6.17 Å². The fourth-order valence-electron chi connectivity index (χ4n) is 3.68. The monoisotopic (exact) mass is 347 g/mol. The van der Waals surface area contributed by atoms with Crippen molar-refractivity contribution in [3.63, 3.8) is 0 Å². The quantitative estimate of drug-likeness (QED) is 0.662. The fourth-order valence-corrected chi connectivity index (χ4v) is 3.68. The van der Waals surface area contributed by atoms with Crippen molar-refractivity contribution in [3.05, 3.63) is 60.7 Å². The zero-order valence-corrected chi connectivity index (χ0v) is 15.3. The number of H-pyrrole nitrogens is 1. The van der Waals surface area contributed by atoms with Gasteiger partial charge in [-0.3, -0.25) is 5.32 Å². The lowest BCUT2D eigenvalue weighted by Gasteiger charge is -2.29. The van der Waals surface area contributed by atoms with Crippen molar-refractivity contribution in [2.45, 2.75) is 19.0 Å². The SMILES string of the molecule is CN/C=C(/c1ccc2cc(-c3cnc[nH]3)ccc2c1)N(C)C1CCCN1. The summed E-state index contributed by atoms with van der Waals surface area (Å²) in [4.78, 5) is 9.62. The van der Waals surface area contributed by atoms with Crippen LogP contribution in [0.3, 0.4) is 0 Å². The number of rotatable bonds is 5. The second-order valence-corrected chi connectivity index (χ2v) is 6.78. The Bertz CT molecular complexity index is 907. The minimum Gasteiger partial charge on any atom is -0.392 e. The molecule has 0 amide bonds. The molecule has 0 aliphatic carbocycles. The van der Waals surface area contributed by atoms with Gasteiger partial charge in [0.2, 0.25) is 0 Å². The lowest BCUT2D eigenvalue weighted by Crippen LogP contribution is -2.38. The second-order valence-electron chi connectivity index (χ2n) is 6.78. The van der Waals surface area contributed by atoms with E-state index >= 15 is 0 Å². The van der Waals surface area contributed by atoms with E-state index in [4.69, 9.17) is 0 Å². The van der Waals surface area contributed by atoms with Gasteiger partial charge in [-0.1, -0.05) is 24.3 Å². The van der Waals surface area contributed by atoms with Gasteiger partial charge in [0, 0.05) is 25.9 Å². The number of nitrogens with one attached hydrogen (secondary N) is 3. The second kappa shape index (κ2) is 7.22. The largest absolute Gasteiger partial charge is 0.392 e. The van der Waals surface area contributed by atoms with Crippen molar-refractivity contribution in [3.8, 4) is 11.3 Å². The van der Waals surface area contributed by atoms with Gasteiger partial charge in [-0.2, -0.15) is 0 Å². The van der Waals surface area contributed by atoms with E-state index in [-0.39, 0.29) is 0 Å². The molecular formula is C21H25N5. The van der Waals surface area contributed by atoms with Crippen LogP contribution in [0.15, 0.2) is 55.1 Å². The number of aromatic nitrogens is 2. The first kappa shape index (κ1) is 16.7. The van der Waals surface area contributed by atoms with Crippen LogP contribution >= 0.6 is 0 Å². The zero-order chi connectivity index (χ0) is 17.9. The highest BCUT2D eigenvalue weighted by Crippen LogP contribution is 2.28. The topological polar surface area (TPSA) is 56.0 Å². The molecule has 1 atom stereocenters. The third kappa shape index (κ3) is 3.18. The Morgan fingerprint density at radius 3 is 2.81 bits per heavy atom. The third-order valence-electron chi connectivity index (χ3n) is 5.11. The summed E-state index contributed by atoms with van der Waals surface area (Å²) in [6, 6.07) is 13.2. The number of imidazole rings is 1. The highest BCUT2D eigenvalue weighted by atomic mass is 15.3. The summed E-state index contributed by atoms with van der Waals surface area (Å²) in [5, 5.41) is 9.24. The Morgan fingerprint density at radius 1 is 1.23 bits per heavy atom. The minimum absolute atomic E-state index is 0.396. The van der Waals surface area contributed by atoms with Gasteiger partial charge in [-0.05, 0) is 47.9 Å². The van der Waals surface area contributed by atoms with Gasteiger partial charge in [0.25, 0.3) is 0 Å². The lowest BCUT2D eigenvalue weighted by atomic mass is 10.0. The van der Waals surface area contributed by atoms with Crippen LogP contribution < -0.4 is 10.6 Å². The molecule has 0 radical (unpaired) electrons. The van der Waals surface area contributed by atoms with Crippen LogP contribution in [0.2, 0.25) is 0 Å². The first-order chi connectivity index (χ1) is 12.8. The van der Waals surface area contributed by atoms with E-state index in [1.54, 1.807) is 6.33 Å². The fraction of sp³-hybridized carbons (Fsp3) is 0.286. The molecule has 1 unspecified atom stereocenters. The maximum Gasteiger partial charge on any atom is 0.0924 e. The highest BCUT2D eigenvalue weighted by molar-refractivity contribution is 5.89. The Labute approximate surface area is 154 Å². The standard InChI is InChI=1S/C21H25N5/c1-22-13-20(26(2)21-4-3-9-24-21)18-8-6-15-10-17(7-5-16(15)11-18)19-12-23-14-25-19/h5-8,10-14,21-22,24H,3-4,9H2,1-2H3,(H,23,25)/b20-13-. The first-order valence-electron chi connectivity index (χ1n) is 9.13. The predicted octanol–water partition coefficient (Wildman–Crippen LogP) is 3.39. The molecule has 2 heterocycles. The van der Waals surface area contributed by atoms with Crippen LogP contribution in [0.5, 0.6) is 0 Å². The predicted molar refractivity (Wildman–Crippen MR) is 107 cm³/mol. The van der Waals surface area contributed by atoms with Crippen LogP contribution in [0.25, 0.3) is 27.7 Å². The molecule has 1 saturated heterocycles. The molecular weight excluding hydrogens is 322 g/mol. The van der Waals surface area contributed by atoms with Crippen molar-refractivity contribution in [2.24, 2.45) is 0 Å². The molecule has 0 bridgehead atoms. The molecule has 4 rings (SSSR count). The van der Waals surface area contributed by atoms with Crippen molar-refractivity contribution in [2.75, 3.05) is 20.6 Å². The average molecular weight is 347 g/mol. The van der Waals surface area contributed by atoms with Crippen LogP contribution in [0, 0.1) is 0 Å².